The minimum atomic E-state index is -1.86. The molecular weight excluding hydrogens is 852 g/mol. The summed E-state index contributed by atoms with van der Waals surface area (Å²) in [5, 5.41) is 108. The van der Waals surface area contributed by atoms with Gasteiger partial charge in [-0.1, -0.05) is 39.3 Å². The van der Waals surface area contributed by atoms with Crippen molar-refractivity contribution < 1.29 is 89.0 Å². The van der Waals surface area contributed by atoms with Crippen LogP contribution in [0.15, 0.2) is 11.6 Å². The molecule has 25 atom stereocenters. The standard InChI is InChI=1S/C47H76O18/c1-21(2)14-22-15-45(7,57)38-23-8-9-28-43(5)12-11-29(42(3,4)27(43)10-13-44(28,6)46(23)19-47(38,65-22)58-20-46)62-41-37(64-39-34(55)31(52)25(17-49)60-39)36(32(53)26(18-50)61-41)63-40-35(56)33(54)30(51)24(16-48)59-40/h14,22-41,48-57H,8-13,15-20H2,1-7H3/t22-,23?,24+,25-,26+,27-,28+,29-,30+,31-,32+,33-,34+,35+,36-,37+,38?,39-,40-,41-,43-,44+,45?,46-,47-/m0/s1. The largest absolute Gasteiger partial charge is 0.394 e. The van der Waals surface area contributed by atoms with Crippen LogP contribution in [0, 0.1) is 45.3 Å². The first-order valence-electron chi connectivity index (χ1n) is 24.1. The number of hydrogen-bond acceptors (Lipinski definition) is 18. The van der Waals surface area contributed by atoms with E-state index in [4.69, 9.17) is 37.9 Å². The summed E-state index contributed by atoms with van der Waals surface area (Å²) in [5.74, 6) is -0.184. The average molecular weight is 929 g/mol. The van der Waals surface area contributed by atoms with Gasteiger partial charge in [-0.05, 0) is 93.3 Å². The third-order valence-corrected chi connectivity index (χ3v) is 18.8. The van der Waals surface area contributed by atoms with Crippen LogP contribution in [-0.2, 0) is 37.9 Å². The lowest BCUT2D eigenvalue weighted by atomic mass is 9.35. The monoisotopic (exact) mass is 929 g/mol. The Morgan fingerprint density at radius 2 is 1.23 bits per heavy atom. The van der Waals surface area contributed by atoms with Gasteiger partial charge in [-0.3, -0.25) is 0 Å². The van der Waals surface area contributed by atoms with Gasteiger partial charge in [-0.2, -0.15) is 0 Å². The zero-order chi connectivity index (χ0) is 47.0. The number of rotatable bonds is 10. The number of ether oxygens (including phenoxy) is 8. The highest BCUT2D eigenvalue weighted by Crippen LogP contribution is 2.80. The van der Waals surface area contributed by atoms with Gasteiger partial charge in [0.2, 0.25) is 0 Å². The van der Waals surface area contributed by atoms with Gasteiger partial charge in [0.25, 0.3) is 0 Å². The van der Waals surface area contributed by atoms with Crippen LogP contribution in [0.2, 0.25) is 0 Å². The van der Waals surface area contributed by atoms with Crippen molar-refractivity contribution >= 4 is 0 Å². The SMILES string of the molecule is CC(C)=C[C@H]1CC(C)(O)C2C3CC[C@@H]4[C@@]5(C)CC[C@H](O[C@@H]6O[C@H](CO)[C@@H](O)[C@H](O[C@@H]7O[C@H](CO)[C@@H](O)[C@H](O)[C@H]7O)[C@H]6O[C@@H]6O[C@@H](CO)[C@H](O)[C@H]6O)C(C)(C)[C@@H]5CC[C@@]4(C)[C@@]34CO[C@@]2(C4)O1. The van der Waals surface area contributed by atoms with E-state index < -0.39 is 129 Å². The first-order valence-corrected chi connectivity index (χ1v) is 24.1. The van der Waals surface area contributed by atoms with Crippen LogP contribution >= 0.6 is 0 Å². The second kappa shape index (κ2) is 17.1. The Hall–Kier alpha value is -0.980. The third-order valence-electron chi connectivity index (χ3n) is 18.8. The van der Waals surface area contributed by atoms with Gasteiger partial charge in [-0.25, -0.2) is 0 Å². The van der Waals surface area contributed by atoms with E-state index >= 15 is 0 Å². The number of aliphatic hydroxyl groups is 10. The maximum absolute atomic E-state index is 12.2. The minimum Gasteiger partial charge on any atom is -0.394 e. The van der Waals surface area contributed by atoms with Crippen LogP contribution in [0.3, 0.4) is 0 Å². The molecule has 4 aliphatic carbocycles. The second-order valence-corrected chi connectivity index (χ2v) is 22.9. The lowest BCUT2D eigenvalue weighted by Crippen LogP contribution is -2.68. The number of allylic oxidation sites excluding steroid dienone is 1. The van der Waals surface area contributed by atoms with E-state index in [0.29, 0.717) is 25.4 Å². The smallest absolute Gasteiger partial charge is 0.187 e. The van der Waals surface area contributed by atoms with E-state index in [1.807, 2.05) is 6.92 Å². The molecule has 5 saturated heterocycles. The predicted molar refractivity (Wildman–Crippen MR) is 225 cm³/mol. The van der Waals surface area contributed by atoms with E-state index in [0.717, 1.165) is 44.1 Å². The average Bonchev–Trinajstić information content (AvgIpc) is 3.86. The van der Waals surface area contributed by atoms with Crippen molar-refractivity contribution in [2.75, 3.05) is 26.4 Å². The molecule has 0 aromatic carbocycles. The summed E-state index contributed by atoms with van der Waals surface area (Å²) >= 11 is 0. The Bertz CT molecular complexity index is 1760. The summed E-state index contributed by atoms with van der Waals surface area (Å²) in [6, 6.07) is 0. The van der Waals surface area contributed by atoms with Crippen LogP contribution in [-0.4, -0.2) is 187 Å². The van der Waals surface area contributed by atoms with E-state index in [1.54, 1.807) is 0 Å². The quantitative estimate of drug-likeness (QED) is 0.102. The molecule has 0 aromatic heterocycles. The third kappa shape index (κ3) is 7.40. The molecule has 10 N–H and O–H groups in total. The molecule has 65 heavy (non-hydrogen) atoms. The molecule has 4 saturated carbocycles. The first kappa shape index (κ1) is 49.0. The van der Waals surface area contributed by atoms with Gasteiger partial charge in [0.1, 0.15) is 67.1 Å². The molecule has 18 nitrogen and oxygen atoms in total. The van der Waals surface area contributed by atoms with Gasteiger partial charge in [0, 0.05) is 24.2 Å². The summed E-state index contributed by atoms with van der Waals surface area (Å²) in [6.07, 6.45) is -14.0. The Kier molecular flexibility index (Phi) is 12.9. The summed E-state index contributed by atoms with van der Waals surface area (Å²) < 4.78 is 50.9. The van der Waals surface area contributed by atoms with Crippen molar-refractivity contribution in [1.29, 1.82) is 0 Å². The lowest BCUT2D eigenvalue weighted by molar-refractivity contribution is -0.387. The Morgan fingerprint density at radius 3 is 1.86 bits per heavy atom. The fraction of sp³-hybridized carbons (Fsp3) is 0.957. The van der Waals surface area contributed by atoms with Gasteiger partial charge in [0.15, 0.2) is 24.7 Å². The Balaban J connectivity index is 0.991. The zero-order valence-electron chi connectivity index (χ0n) is 38.8. The van der Waals surface area contributed by atoms with Crippen molar-refractivity contribution in [3.05, 3.63) is 11.6 Å². The topological polar surface area (TPSA) is 276 Å². The highest BCUT2D eigenvalue weighted by atomic mass is 16.8. The lowest BCUT2D eigenvalue weighted by Gasteiger charge is -2.70. The van der Waals surface area contributed by atoms with Crippen LogP contribution < -0.4 is 0 Å². The summed E-state index contributed by atoms with van der Waals surface area (Å²) in [7, 11) is 0. The Labute approximate surface area is 381 Å². The van der Waals surface area contributed by atoms with E-state index in [1.165, 1.54) is 0 Å². The predicted octanol–water partition coefficient (Wildman–Crippen LogP) is -0.0333. The van der Waals surface area contributed by atoms with Crippen molar-refractivity contribution in [2.24, 2.45) is 45.3 Å². The molecule has 0 amide bonds. The molecular formula is C47H76O18. The van der Waals surface area contributed by atoms with Crippen LogP contribution in [0.1, 0.15) is 99.8 Å². The van der Waals surface area contributed by atoms with Gasteiger partial charge >= 0.3 is 0 Å². The highest BCUT2D eigenvalue weighted by Gasteiger charge is 2.81. The van der Waals surface area contributed by atoms with Crippen molar-refractivity contribution in [3.8, 4) is 0 Å². The molecule has 2 spiro atoms. The normalized spacial score (nSPS) is 56.9. The maximum Gasteiger partial charge on any atom is 0.187 e. The highest BCUT2D eigenvalue weighted by molar-refractivity contribution is 5.26. The van der Waals surface area contributed by atoms with E-state index in [9.17, 15) is 51.1 Å². The summed E-state index contributed by atoms with van der Waals surface area (Å²) in [5.41, 5.74) is -0.668. The molecule has 2 bridgehead atoms. The molecule has 5 heterocycles. The van der Waals surface area contributed by atoms with Crippen LogP contribution in [0.5, 0.6) is 0 Å². The number of hydrogen-bond donors (Lipinski definition) is 10. The summed E-state index contributed by atoms with van der Waals surface area (Å²) in [4.78, 5) is 0. The van der Waals surface area contributed by atoms with Gasteiger partial charge in [-0.15, -0.1) is 0 Å². The summed E-state index contributed by atoms with van der Waals surface area (Å²) in [6.45, 7) is 13.9. The molecule has 9 rings (SSSR count). The maximum atomic E-state index is 12.2. The van der Waals surface area contributed by atoms with Gasteiger partial charge in [0.05, 0.1) is 44.2 Å². The molecule has 0 radical (unpaired) electrons. The van der Waals surface area contributed by atoms with Crippen molar-refractivity contribution in [2.45, 2.75) is 209 Å². The van der Waals surface area contributed by atoms with E-state index in [2.05, 4.69) is 47.6 Å². The van der Waals surface area contributed by atoms with Crippen LogP contribution in [0.4, 0.5) is 0 Å². The van der Waals surface area contributed by atoms with Crippen molar-refractivity contribution in [3.63, 3.8) is 0 Å². The molecule has 3 unspecified atom stereocenters. The van der Waals surface area contributed by atoms with Crippen molar-refractivity contribution in [1.82, 2.24) is 0 Å². The number of fused-ring (bicyclic) bond motifs is 4. The molecule has 372 valence electrons. The molecule has 5 aliphatic heterocycles. The number of aliphatic hydroxyl groups excluding tert-OH is 9. The van der Waals surface area contributed by atoms with E-state index in [-0.39, 0.29) is 40.1 Å². The van der Waals surface area contributed by atoms with Gasteiger partial charge < -0.3 is 89.0 Å². The first-order chi connectivity index (χ1) is 30.5. The minimum absolute atomic E-state index is 0.0960. The van der Waals surface area contributed by atoms with Crippen LogP contribution in [0.25, 0.3) is 0 Å². The zero-order valence-corrected chi connectivity index (χ0v) is 38.8. The molecule has 9 aliphatic rings. The molecule has 0 aromatic rings. The molecule has 9 fully saturated rings. The fourth-order valence-corrected chi connectivity index (χ4v) is 15.9. The second-order valence-electron chi connectivity index (χ2n) is 22.9. The fourth-order valence-electron chi connectivity index (χ4n) is 15.9. The molecule has 18 heteroatoms. The Morgan fingerprint density at radius 1 is 0.646 bits per heavy atom.